The standard InChI is InChI=1S/C20H33N3O5Si/c1-8-20(26)15(11-27-29(12(2)3,13(4)5)14(6)7)28-18(17(20)24)23-10-9-16(21)22-19(23)25/h1,9-10,12-15,17-18,24,26H,11H2,2-7H3,(H2,21,22,25)/t15-,17+,18?,20-/m1/s1/i1D. The molecule has 0 amide bonds. The van der Waals surface area contributed by atoms with Crippen LogP contribution in [-0.4, -0.2) is 52.5 Å². The van der Waals surface area contributed by atoms with Crippen molar-refractivity contribution in [2.24, 2.45) is 0 Å². The number of nitrogens with zero attached hydrogens (tertiary/aromatic N) is 2. The van der Waals surface area contributed by atoms with Gasteiger partial charge in [-0.15, -0.1) is 6.40 Å². The SMILES string of the molecule is [2H]C#C[C@@]1(O)[C@@H](CO[Si](C(C)C)(C(C)C)C(C)C)OC(n2ccc(N)nc2=O)[C@@H]1O. The monoisotopic (exact) mass is 424 g/mol. The predicted molar refractivity (Wildman–Crippen MR) is 114 cm³/mol. The number of anilines is 1. The van der Waals surface area contributed by atoms with Gasteiger partial charge in [-0.3, -0.25) is 4.57 Å². The fraction of sp³-hybridized carbons (Fsp3) is 0.700. The van der Waals surface area contributed by atoms with Crippen LogP contribution in [0.1, 0.15) is 49.1 Å². The Morgan fingerprint density at radius 1 is 1.41 bits per heavy atom. The summed E-state index contributed by atoms with van der Waals surface area (Å²) in [5.41, 5.74) is 3.65. The van der Waals surface area contributed by atoms with Crippen LogP contribution in [0.25, 0.3) is 0 Å². The van der Waals surface area contributed by atoms with Gasteiger partial charge < -0.3 is 25.1 Å². The van der Waals surface area contributed by atoms with E-state index in [4.69, 9.17) is 16.3 Å². The smallest absolute Gasteiger partial charge is 0.351 e. The normalized spacial score (nSPS) is 28.0. The minimum atomic E-state index is -2.29. The van der Waals surface area contributed by atoms with E-state index in [1.807, 2.05) is 6.40 Å². The van der Waals surface area contributed by atoms with Crippen LogP contribution in [-0.2, 0) is 9.16 Å². The molecule has 0 bridgehead atoms. The molecule has 9 heteroatoms. The minimum absolute atomic E-state index is 0.0172. The van der Waals surface area contributed by atoms with Gasteiger partial charge in [-0.05, 0) is 22.7 Å². The van der Waals surface area contributed by atoms with E-state index >= 15 is 0 Å². The molecule has 2 heterocycles. The Morgan fingerprint density at radius 3 is 2.48 bits per heavy atom. The number of hydrogen-bond acceptors (Lipinski definition) is 7. The zero-order valence-electron chi connectivity index (χ0n) is 18.9. The number of rotatable bonds is 7. The molecule has 1 saturated heterocycles. The first-order valence-corrected chi connectivity index (χ1v) is 12.0. The Balaban J connectivity index is 2.40. The van der Waals surface area contributed by atoms with Crippen molar-refractivity contribution < 1.29 is 20.7 Å². The van der Waals surface area contributed by atoms with Crippen LogP contribution in [0.5, 0.6) is 0 Å². The van der Waals surface area contributed by atoms with E-state index in [1.54, 1.807) is 0 Å². The van der Waals surface area contributed by atoms with E-state index in [9.17, 15) is 15.0 Å². The fourth-order valence-electron chi connectivity index (χ4n) is 4.63. The van der Waals surface area contributed by atoms with E-state index in [2.05, 4.69) is 52.4 Å². The summed E-state index contributed by atoms with van der Waals surface area (Å²) in [7, 11) is -2.29. The van der Waals surface area contributed by atoms with Gasteiger partial charge in [0.05, 0.1) is 6.61 Å². The lowest BCUT2D eigenvalue weighted by molar-refractivity contribution is -0.0603. The number of nitrogen functional groups attached to an aromatic ring is 1. The second kappa shape index (κ2) is 8.58. The molecule has 0 aliphatic carbocycles. The number of hydrogen-bond donors (Lipinski definition) is 3. The van der Waals surface area contributed by atoms with E-state index in [0.717, 1.165) is 4.57 Å². The highest BCUT2D eigenvalue weighted by atomic mass is 28.4. The third-order valence-corrected chi connectivity index (χ3v) is 12.1. The Bertz CT molecular complexity index is 844. The van der Waals surface area contributed by atoms with Gasteiger partial charge in [0.25, 0.3) is 0 Å². The molecule has 162 valence electrons. The molecule has 0 saturated carbocycles. The molecule has 1 aliphatic heterocycles. The molecule has 2 rings (SSSR count). The summed E-state index contributed by atoms with van der Waals surface area (Å²) in [6, 6.07) is 1.39. The maximum atomic E-state index is 12.2. The molecule has 1 aromatic heterocycles. The highest BCUT2D eigenvalue weighted by molar-refractivity contribution is 6.77. The first kappa shape index (κ1) is 22.0. The lowest BCUT2D eigenvalue weighted by Crippen LogP contribution is -2.53. The van der Waals surface area contributed by atoms with E-state index in [-0.39, 0.29) is 12.4 Å². The van der Waals surface area contributed by atoms with Gasteiger partial charge >= 0.3 is 5.69 Å². The number of aromatic nitrogens is 2. The second-order valence-corrected chi connectivity index (χ2v) is 14.0. The van der Waals surface area contributed by atoms with Crippen molar-refractivity contribution in [1.82, 2.24) is 9.55 Å². The zero-order valence-corrected chi connectivity index (χ0v) is 18.9. The summed E-state index contributed by atoms with van der Waals surface area (Å²) in [6.07, 6.45) is -0.620. The van der Waals surface area contributed by atoms with Gasteiger partial charge in [-0.2, -0.15) is 4.98 Å². The second-order valence-electron chi connectivity index (χ2n) is 8.58. The van der Waals surface area contributed by atoms with Crippen molar-refractivity contribution in [3.05, 3.63) is 22.7 Å². The summed E-state index contributed by atoms with van der Waals surface area (Å²) < 4.78 is 20.7. The molecule has 0 spiro atoms. The van der Waals surface area contributed by atoms with Crippen LogP contribution in [0.4, 0.5) is 5.82 Å². The molecular formula is C20H33N3O5Si. The van der Waals surface area contributed by atoms with Crippen molar-refractivity contribution in [3.63, 3.8) is 0 Å². The molecule has 1 fully saturated rings. The Labute approximate surface area is 174 Å². The quantitative estimate of drug-likeness (QED) is 0.449. The first-order chi connectivity index (χ1) is 13.9. The Morgan fingerprint density at radius 2 is 2.00 bits per heavy atom. The number of terminal acetylenes is 1. The van der Waals surface area contributed by atoms with E-state index in [1.165, 1.54) is 12.3 Å². The highest BCUT2D eigenvalue weighted by Gasteiger charge is 2.57. The van der Waals surface area contributed by atoms with Crippen LogP contribution < -0.4 is 11.4 Å². The van der Waals surface area contributed by atoms with Gasteiger partial charge in [-0.25, -0.2) is 4.79 Å². The molecule has 29 heavy (non-hydrogen) atoms. The molecule has 0 radical (unpaired) electrons. The first-order valence-electron chi connectivity index (χ1n) is 10.4. The molecule has 4 atom stereocenters. The summed E-state index contributed by atoms with van der Waals surface area (Å²) in [5.74, 6) is 2.38. The molecule has 8 nitrogen and oxygen atoms in total. The van der Waals surface area contributed by atoms with Gasteiger partial charge in [0, 0.05) is 6.20 Å². The molecule has 4 N–H and O–H groups in total. The number of nitrogens with two attached hydrogens (primary N) is 1. The molecule has 1 aliphatic rings. The maximum absolute atomic E-state index is 12.2. The van der Waals surface area contributed by atoms with Crippen LogP contribution >= 0.6 is 0 Å². The predicted octanol–water partition coefficient (Wildman–Crippen LogP) is 1.64. The van der Waals surface area contributed by atoms with Gasteiger partial charge in [0.2, 0.25) is 0 Å². The van der Waals surface area contributed by atoms with Crippen molar-refractivity contribution in [1.29, 1.82) is 0 Å². The lowest BCUT2D eigenvalue weighted by Gasteiger charge is -2.43. The van der Waals surface area contributed by atoms with Crippen molar-refractivity contribution >= 4 is 14.1 Å². The molecular weight excluding hydrogens is 390 g/mol. The zero-order chi connectivity index (χ0) is 22.9. The minimum Gasteiger partial charge on any atom is -0.413 e. The largest absolute Gasteiger partial charge is 0.413 e. The summed E-state index contributed by atoms with van der Waals surface area (Å²) in [6.45, 7) is 12.8. The van der Waals surface area contributed by atoms with Crippen molar-refractivity contribution in [2.45, 2.75) is 82.2 Å². The van der Waals surface area contributed by atoms with Gasteiger partial charge in [0.1, 0.15) is 19.4 Å². The van der Waals surface area contributed by atoms with Crippen molar-refractivity contribution in [3.8, 4) is 12.3 Å². The fourth-order valence-corrected chi connectivity index (χ4v) is 10.1. The average Bonchev–Trinajstić information content (AvgIpc) is 2.86. The summed E-state index contributed by atoms with van der Waals surface area (Å²) in [4.78, 5) is 15.9. The van der Waals surface area contributed by atoms with Crippen LogP contribution in [0.3, 0.4) is 0 Å². The van der Waals surface area contributed by atoms with E-state index in [0.29, 0.717) is 16.6 Å². The van der Waals surface area contributed by atoms with Crippen LogP contribution in [0.2, 0.25) is 16.6 Å². The topological polar surface area (TPSA) is 120 Å². The summed E-state index contributed by atoms with van der Waals surface area (Å²) in [5, 5.41) is 21.9. The number of ether oxygens (including phenoxy) is 1. The third kappa shape index (κ3) is 4.00. The highest BCUT2D eigenvalue weighted by Crippen LogP contribution is 2.44. The van der Waals surface area contributed by atoms with Gasteiger partial charge in [0.15, 0.2) is 20.1 Å². The molecule has 1 unspecified atom stereocenters. The van der Waals surface area contributed by atoms with E-state index < -0.39 is 38.0 Å². The Kier molecular flexibility index (Phi) is 6.50. The Hall–Kier alpha value is -1.70. The molecule has 1 aromatic rings. The van der Waals surface area contributed by atoms with Crippen LogP contribution in [0, 0.1) is 12.3 Å². The summed E-state index contributed by atoms with van der Waals surface area (Å²) >= 11 is 0. The van der Waals surface area contributed by atoms with Crippen LogP contribution in [0.15, 0.2) is 17.1 Å². The lowest BCUT2D eigenvalue weighted by atomic mass is 9.93. The van der Waals surface area contributed by atoms with Gasteiger partial charge in [-0.1, -0.05) is 47.5 Å². The number of aliphatic hydroxyl groups is 2. The molecule has 0 aromatic carbocycles. The third-order valence-electron chi connectivity index (χ3n) is 6.03. The number of aliphatic hydroxyl groups excluding tert-OH is 1. The maximum Gasteiger partial charge on any atom is 0.351 e. The van der Waals surface area contributed by atoms with Crippen molar-refractivity contribution in [2.75, 3.05) is 12.3 Å². The average molecular weight is 425 g/mol.